The summed E-state index contributed by atoms with van der Waals surface area (Å²) in [6.45, 7) is 1.04. The van der Waals surface area contributed by atoms with E-state index < -0.39 is 66.1 Å². The quantitative estimate of drug-likeness (QED) is 0.292. The molecule has 1 aromatic rings. The summed E-state index contributed by atoms with van der Waals surface area (Å²) in [5, 5.41) is 8.06. The lowest BCUT2D eigenvalue weighted by atomic mass is 9.76. The van der Waals surface area contributed by atoms with Gasteiger partial charge in [0.2, 0.25) is 15.7 Å². The fourth-order valence-corrected chi connectivity index (χ4v) is 5.97. The predicted octanol–water partition coefficient (Wildman–Crippen LogP) is -0.672. The smallest absolute Gasteiger partial charge is 0.270 e. The summed E-state index contributed by atoms with van der Waals surface area (Å²) in [5.41, 5.74) is 5.75. The third kappa shape index (κ3) is 3.75. The molecule has 3 rings (SSSR count). The molecule has 0 aromatic heterocycles. The monoisotopic (exact) mass is 474 g/mol. The fourth-order valence-electron chi connectivity index (χ4n) is 4.01. The fraction of sp³-hybridized carbons (Fsp3) is 0.500. The maximum Gasteiger partial charge on any atom is 0.270 e. The molecule has 0 fully saturated rings. The van der Waals surface area contributed by atoms with Gasteiger partial charge in [0.15, 0.2) is 5.78 Å². The van der Waals surface area contributed by atoms with Crippen molar-refractivity contribution in [1.29, 1.82) is 0 Å². The van der Waals surface area contributed by atoms with E-state index in [2.05, 4.69) is 4.18 Å². The van der Waals surface area contributed by atoms with E-state index in [0.717, 1.165) is 13.2 Å². The number of Topliss-reactive ketones (excluding diaryl/α,β-unsaturated/α-hetero) is 1. The number of amides is 2. The van der Waals surface area contributed by atoms with Gasteiger partial charge < -0.3 is 10.8 Å². The molecule has 0 radical (unpaired) electrons. The van der Waals surface area contributed by atoms with Crippen molar-refractivity contribution in [3.8, 4) is 0 Å². The third-order valence-electron chi connectivity index (χ3n) is 5.67. The Morgan fingerprint density at radius 2 is 1.94 bits per heavy atom. The van der Waals surface area contributed by atoms with Crippen molar-refractivity contribution in [3.05, 3.63) is 22.8 Å². The number of imide groups is 1. The second kappa shape index (κ2) is 7.97. The molecule has 2 atom stereocenters. The summed E-state index contributed by atoms with van der Waals surface area (Å²) in [5.74, 6) is -4.44. The van der Waals surface area contributed by atoms with Crippen LogP contribution in [0.3, 0.4) is 0 Å². The zero-order chi connectivity index (χ0) is 23.3. The first-order valence-electron chi connectivity index (χ1n) is 9.35. The van der Waals surface area contributed by atoms with Gasteiger partial charge in [-0.05, 0) is 30.0 Å². The number of hydrogen-bond acceptors (Lipinski definition) is 10. The standard InChI is InChI=1S/C18H22N2O9S2/c1-3-9(22)7-20-17(23)12-5-10(31(27,28)29-2)4-11-15(12)13(18(20)24)6-14(16(11)19)30(25,26)8-21/h6,10,12,21H,3-5,7-8,19H2,1-2H3. The van der Waals surface area contributed by atoms with E-state index in [0.29, 0.717) is 4.90 Å². The molecule has 31 heavy (non-hydrogen) atoms. The summed E-state index contributed by atoms with van der Waals surface area (Å²) in [7, 11) is -7.46. The highest BCUT2D eigenvalue weighted by molar-refractivity contribution is 7.91. The van der Waals surface area contributed by atoms with Crippen LogP contribution in [0.5, 0.6) is 0 Å². The van der Waals surface area contributed by atoms with Crippen molar-refractivity contribution in [2.24, 2.45) is 0 Å². The summed E-state index contributed by atoms with van der Waals surface area (Å²) >= 11 is 0. The summed E-state index contributed by atoms with van der Waals surface area (Å²) < 4.78 is 54.1. The lowest BCUT2D eigenvalue weighted by Gasteiger charge is -2.39. The topological polar surface area (TPSA) is 178 Å². The third-order valence-corrected chi connectivity index (χ3v) is 8.66. The summed E-state index contributed by atoms with van der Waals surface area (Å²) in [6.07, 6.45) is -0.429. The average Bonchev–Trinajstić information content (AvgIpc) is 2.74. The second-order valence-electron chi connectivity index (χ2n) is 7.37. The number of aliphatic hydroxyl groups is 1. The number of carbonyl (C=O) groups is 3. The van der Waals surface area contributed by atoms with Crippen LogP contribution >= 0.6 is 0 Å². The number of nitrogen functional groups attached to an aromatic ring is 1. The highest BCUT2D eigenvalue weighted by atomic mass is 32.2. The lowest BCUT2D eigenvalue weighted by Crippen LogP contribution is -2.50. The van der Waals surface area contributed by atoms with Gasteiger partial charge in [0, 0.05) is 12.0 Å². The van der Waals surface area contributed by atoms with Crippen LogP contribution in [0.1, 0.15) is 47.2 Å². The van der Waals surface area contributed by atoms with E-state index in [4.69, 9.17) is 5.73 Å². The molecule has 170 valence electrons. The zero-order valence-electron chi connectivity index (χ0n) is 16.8. The Kier molecular flexibility index (Phi) is 5.99. The van der Waals surface area contributed by atoms with Crippen molar-refractivity contribution >= 4 is 43.2 Å². The molecule has 0 spiro atoms. The van der Waals surface area contributed by atoms with Crippen LogP contribution in [0.15, 0.2) is 11.0 Å². The SMILES string of the molecule is CCC(=O)CN1C(=O)c2cc(S(=O)(=O)CO)c(N)c3c2C(CC(S(=O)(=O)OC)C3)C1=O. The number of nitrogens with two attached hydrogens (primary N) is 1. The van der Waals surface area contributed by atoms with Gasteiger partial charge in [-0.1, -0.05) is 6.92 Å². The summed E-state index contributed by atoms with van der Waals surface area (Å²) in [6, 6.07) is 0.982. The van der Waals surface area contributed by atoms with Gasteiger partial charge in [0.1, 0.15) is 5.94 Å². The number of anilines is 1. The van der Waals surface area contributed by atoms with E-state index >= 15 is 0 Å². The molecule has 0 saturated heterocycles. The second-order valence-corrected chi connectivity index (χ2v) is 11.3. The zero-order valence-corrected chi connectivity index (χ0v) is 18.5. The van der Waals surface area contributed by atoms with Gasteiger partial charge in [-0.2, -0.15) is 8.42 Å². The number of aliphatic hydroxyl groups excluding tert-OH is 1. The molecule has 0 bridgehead atoms. The van der Waals surface area contributed by atoms with Crippen LogP contribution in [0, 0.1) is 0 Å². The minimum Gasteiger partial charge on any atom is -0.397 e. The van der Waals surface area contributed by atoms with Crippen molar-refractivity contribution in [2.45, 2.75) is 42.2 Å². The number of nitrogens with zero attached hydrogens (tertiary/aromatic N) is 1. The highest BCUT2D eigenvalue weighted by Gasteiger charge is 2.48. The Morgan fingerprint density at radius 3 is 2.48 bits per heavy atom. The van der Waals surface area contributed by atoms with Gasteiger partial charge in [0.25, 0.3) is 16.0 Å². The van der Waals surface area contributed by atoms with Gasteiger partial charge >= 0.3 is 0 Å². The van der Waals surface area contributed by atoms with E-state index in [-0.39, 0.29) is 41.6 Å². The largest absolute Gasteiger partial charge is 0.397 e. The van der Waals surface area contributed by atoms with Crippen LogP contribution in [-0.4, -0.2) is 69.3 Å². The number of sulfone groups is 1. The van der Waals surface area contributed by atoms with Crippen LogP contribution in [0.2, 0.25) is 0 Å². The molecule has 1 aliphatic carbocycles. The number of ketones is 1. The molecule has 1 aliphatic heterocycles. The maximum absolute atomic E-state index is 13.1. The van der Waals surface area contributed by atoms with Crippen LogP contribution in [0.4, 0.5) is 5.69 Å². The molecule has 0 saturated carbocycles. The van der Waals surface area contributed by atoms with Crippen molar-refractivity contribution in [3.63, 3.8) is 0 Å². The number of rotatable bonds is 7. The predicted molar refractivity (Wildman–Crippen MR) is 107 cm³/mol. The molecule has 11 nitrogen and oxygen atoms in total. The first kappa shape index (κ1) is 23.3. The minimum atomic E-state index is -4.30. The van der Waals surface area contributed by atoms with Gasteiger partial charge in [0.05, 0.1) is 35.4 Å². The normalized spacial score (nSPS) is 21.2. The molecule has 2 unspecified atom stereocenters. The van der Waals surface area contributed by atoms with Crippen LogP contribution in [0.25, 0.3) is 0 Å². The maximum atomic E-state index is 13.1. The van der Waals surface area contributed by atoms with E-state index in [1.54, 1.807) is 6.92 Å². The molecule has 1 aromatic carbocycles. The molecule has 13 heteroatoms. The molecule has 3 N–H and O–H groups in total. The Balaban J connectivity index is 2.31. The number of hydrogen-bond donors (Lipinski definition) is 2. The first-order chi connectivity index (χ1) is 14.4. The van der Waals surface area contributed by atoms with Crippen molar-refractivity contribution < 1.29 is 40.5 Å². The Labute approximate surface area is 179 Å². The number of benzene rings is 1. The first-order valence-corrected chi connectivity index (χ1v) is 12.5. The molecular formula is C18H22N2O9S2. The van der Waals surface area contributed by atoms with Crippen molar-refractivity contribution in [1.82, 2.24) is 4.90 Å². The van der Waals surface area contributed by atoms with E-state index in [1.165, 1.54) is 0 Å². The average molecular weight is 475 g/mol. The summed E-state index contributed by atoms with van der Waals surface area (Å²) in [4.78, 5) is 38.2. The Morgan fingerprint density at radius 1 is 1.29 bits per heavy atom. The molecule has 2 amide bonds. The lowest BCUT2D eigenvalue weighted by molar-refractivity contribution is -0.134. The molecular weight excluding hydrogens is 452 g/mol. The van der Waals surface area contributed by atoms with Crippen molar-refractivity contribution in [2.75, 3.05) is 25.3 Å². The van der Waals surface area contributed by atoms with Crippen LogP contribution < -0.4 is 5.73 Å². The van der Waals surface area contributed by atoms with Gasteiger partial charge in [-0.15, -0.1) is 0 Å². The minimum absolute atomic E-state index is 0.0366. The Bertz CT molecular complexity index is 1190. The molecule has 2 aliphatic rings. The Hall–Kier alpha value is -2.35. The van der Waals surface area contributed by atoms with Crippen LogP contribution in [-0.2, 0) is 40.1 Å². The van der Waals surface area contributed by atoms with E-state index in [9.17, 15) is 36.3 Å². The highest BCUT2D eigenvalue weighted by Crippen LogP contribution is 2.45. The van der Waals surface area contributed by atoms with E-state index in [1.807, 2.05) is 0 Å². The van der Waals surface area contributed by atoms with Gasteiger partial charge in [-0.3, -0.25) is 23.5 Å². The number of carbonyl (C=O) groups excluding carboxylic acids is 3. The van der Waals surface area contributed by atoms with Gasteiger partial charge in [-0.25, -0.2) is 8.42 Å². The molecule has 1 heterocycles.